The standard InChI is InChI=1S/C8H8ClFO2S/c1-13(11)8-4-6(9)2-3-7(8)12-5-10/h2-4H,5H2,1H3. The molecule has 1 atom stereocenters. The van der Waals surface area contributed by atoms with Crippen molar-refractivity contribution < 1.29 is 13.7 Å². The third-order valence-electron chi connectivity index (χ3n) is 1.43. The fourth-order valence-electron chi connectivity index (χ4n) is 0.885. The van der Waals surface area contributed by atoms with Crippen molar-refractivity contribution in [3.8, 4) is 5.75 Å². The van der Waals surface area contributed by atoms with Gasteiger partial charge in [0.1, 0.15) is 6.26 Å². The Morgan fingerprint density at radius 2 is 2.31 bits per heavy atom. The van der Waals surface area contributed by atoms with Crippen molar-refractivity contribution in [3.63, 3.8) is 0 Å². The van der Waals surface area contributed by atoms with Crippen molar-refractivity contribution in [2.24, 2.45) is 0 Å². The molecule has 0 bridgehead atoms. The highest BCUT2D eigenvalue weighted by Crippen LogP contribution is 2.27. The number of hydrogen-bond acceptors (Lipinski definition) is 2. The van der Waals surface area contributed by atoms with Crippen LogP contribution in [-0.2, 0) is 11.2 Å². The highest BCUT2D eigenvalue weighted by atomic mass is 35.5. The van der Waals surface area contributed by atoms with E-state index in [2.05, 4.69) is 4.74 Å². The molecular formula is C8H8ClFO2S. The molecule has 2 nitrogen and oxygen atoms in total. The normalized spacial score (nSPS) is 12.6. The van der Waals surface area contributed by atoms with Crippen molar-refractivity contribution in [1.82, 2.24) is 0 Å². The largest absolute Gasteiger partial charge is 0.612 e. The summed E-state index contributed by atoms with van der Waals surface area (Å²) in [5.41, 5.74) is 0. The molecule has 0 aliphatic carbocycles. The maximum atomic E-state index is 11.9. The van der Waals surface area contributed by atoms with Crippen LogP contribution in [-0.4, -0.2) is 17.7 Å². The van der Waals surface area contributed by atoms with Gasteiger partial charge in [0.25, 0.3) is 0 Å². The van der Waals surface area contributed by atoms with Gasteiger partial charge >= 0.3 is 0 Å². The van der Waals surface area contributed by atoms with Crippen LogP contribution in [0.2, 0.25) is 5.02 Å². The summed E-state index contributed by atoms with van der Waals surface area (Å²) in [6, 6.07) is 4.56. The third-order valence-corrected chi connectivity index (χ3v) is 2.60. The van der Waals surface area contributed by atoms with E-state index in [9.17, 15) is 8.94 Å². The Bertz CT molecular complexity index is 293. The topological polar surface area (TPSA) is 32.3 Å². The van der Waals surface area contributed by atoms with Gasteiger partial charge in [-0.05, 0) is 23.3 Å². The third kappa shape index (κ3) is 2.76. The Labute approximate surface area is 83.8 Å². The van der Waals surface area contributed by atoms with Crippen molar-refractivity contribution in [3.05, 3.63) is 23.2 Å². The van der Waals surface area contributed by atoms with Crippen LogP contribution < -0.4 is 4.74 Å². The van der Waals surface area contributed by atoms with Gasteiger partial charge in [-0.25, -0.2) is 4.39 Å². The molecule has 0 aliphatic rings. The van der Waals surface area contributed by atoms with Gasteiger partial charge in [0.15, 0.2) is 10.6 Å². The van der Waals surface area contributed by atoms with Crippen molar-refractivity contribution in [2.75, 3.05) is 13.1 Å². The van der Waals surface area contributed by atoms with Crippen LogP contribution in [0.15, 0.2) is 23.1 Å². The van der Waals surface area contributed by atoms with Crippen LogP contribution in [0.4, 0.5) is 4.39 Å². The van der Waals surface area contributed by atoms with E-state index in [-0.39, 0.29) is 5.75 Å². The molecule has 13 heavy (non-hydrogen) atoms. The maximum Gasteiger partial charge on any atom is 0.228 e. The molecule has 1 aromatic rings. The highest BCUT2D eigenvalue weighted by Gasteiger charge is 2.13. The zero-order valence-electron chi connectivity index (χ0n) is 6.92. The fraction of sp³-hybridized carbons (Fsp3) is 0.250. The Hall–Kier alpha value is -0.450. The van der Waals surface area contributed by atoms with E-state index < -0.39 is 18.0 Å². The van der Waals surface area contributed by atoms with Gasteiger partial charge in [0.05, 0.1) is 0 Å². The minimum Gasteiger partial charge on any atom is -0.612 e. The second kappa shape index (κ2) is 4.69. The minimum atomic E-state index is -1.23. The summed E-state index contributed by atoms with van der Waals surface area (Å²) in [5, 5.41) is 0.455. The molecule has 0 amide bonds. The average molecular weight is 223 g/mol. The van der Waals surface area contributed by atoms with E-state index >= 15 is 0 Å². The number of hydrogen-bond donors (Lipinski definition) is 0. The van der Waals surface area contributed by atoms with Gasteiger partial charge in [0, 0.05) is 11.1 Å². The zero-order valence-corrected chi connectivity index (χ0v) is 8.49. The maximum absolute atomic E-state index is 11.9. The lowest BCUT2D eigenvalue weighted by molar-refractivity contribution is 0.187. The molecule has 0 aliphatic heterocycles. The summed E-state index contributed by atoms with van der Waals surface area (Å²) < 4.78 is 27.6. The first-order valence-corrected chi connectivity index (χ1v) is 5.40. The van der Waals surface area contributed by atoms with E-state index in [1.807, 2.05) is 0 Å². The van der Waals surface area contributed by atoms with E-state index in [4.69, 9.17) is 11.6 Å². The molecule has 0 aromatic heterocycles. The number of halogens is 2. The summed E-state index contributed by atoms with van der Waals surface area (Å²) in [6.45, 7) is -0.939. The molecular weight excluding hydrogens is 215 g/mol. The first-order valence-electron chi connectivity index (χ1n) is 3.47. The molecule has 0 spiro atoms. The molecule has 1 unspecified atom stereocenters. The van der Waals surface area contributed by atoms with E-state index in [1.165, 1.54) is 18.4 Å². The lowest BCUT2D eigenvalue weighted by Gasteiger charge is -2.09. The fourth-order valence-corrected chi connectivity index (χ4v) is 1.82. The highest BCUT2D eigenvalue weighted by molar-refractivity contribution is 7.90. The summed E-state index contributed by atoms with van der Waals surface area (Å²) in [6.07, 6.45) is 1.48. The van der Waals surface area contributed by atoms with Crippen molar-refractivity contribution >= 4 is 22.8 Å². The summed E-state index contributed by atoms with van der Waals surface area (Å²) in [5.74, 6) is 0.271. The van der Waals surface area contributed by atoms with Gasteiger partial charge in [-0.15, -0.1) is 0 Å². The second-order valence-electron chi connectivity index (χ2n) is 2.30. The van der Waals surface area contributed by atoms with E-state index in [0.29, 0.717) is 9.92 Å². The monoisotopic (exact) mass is 222 g/mol. The molecule has 72 valence electrons. The Morgan fingerprint density at radius 1 is 1.62 bits per heavy atom. The summed E-state index contributed by atoms with van der Waals surface area (Å²) in [7, 11) is 0. The Balaban J connectivity index is 3.03. The van der Waals surface area contributed by atoms with Gasteiger partial charge in [-0.3, -0.25) is 0 Å². The molecule has 0 saturated heterocycles. The van der Waals surface area contributed by atoms with Gasteiger partial charge in [-0.2, -0.15) is 0 Å². The van der Waals surface area contributed by atoms with Crippen LogP contribution >= 0.6 is 11.6 Å². The Morgan fingerprint density at radius 3 is 2.85 bits per heavy atom. The molecule has 0 radical (unpaired) electrons. The lowest BCUT2D eigenvalue weighted by atomic mass is 10.3. The van der Waals surface area contributed by atoms with Crippen molar-refractivity contribution in [1.29, 1.82) is 0 Å². The van der Waals surface area contributed by atoms with Crippen LogP contribution in [0.1, 0.15) is 0 Å². The molecule has 1 rings (SSSR count). The summed E-state index contributed by atoms with van der Waals surface area (Å²) in [4.78, 5) is 0.408. The first kappa shape index (κ1) is 10.6. The minimum absolute atomic E-state index is 0.271. The second-order valence-corrected chi connectivity index (χ2v) is 4.08. The molecule has 1 aromatic carbocycles. The van der Waals surface area contributed by atoms with Crippen LogP contribution in [0.25, 0.3) is 0 Å². The van der Waals surface area contributed by atoms with Crippen LogP contribution in [0.5, 0.6) is 5.75 Å². The molecule has 0 N–H and O–H groups in total. The molecule has 0 saturated carbocycles. The predicted molar refractivity (Wildman–Crippen MR) is 50.4 cm³/mol. The lowest BCUT2D eigenvalue weighted by Crippen LogP contribution is -2.02. The van der Waals surface area contributed by atoms with Gasteiger partial charge in [0.2, 0.25) is 6.86 Å². The molecule has 0 fully saturated rings. The first-order chi connectivity index (χ1) is 6.15. The smallest absolute Gasteiger partial charge is 0.228 e. The average Bonchev–Trinajstić information content (AvgIpc) is 2.08. The molecule has 5 heteroatoms. The number of rotatable bonds is 3. The van der Waals surface area contributed by atoms with E-state index in [0.717, 1.165) is 0 Å². The van der Waals surface area contributed by atoms with Crippen LogP contribution in [0, 0.1) is 0 Å². The Kier molecular flexibility index (Phi) is 3.84. The number of alkyl halides is 1. The van der Waals surface area contributed by atoms with Gasteiger partial charge in [-0.1, -0.05) is 11.6 Å². The van der Waals surface area contributed by atoms with E-state index in [1.54, 1.807) is 6.07 Å². The van der Waals surface area contributed by atoms with Gasteiger partial charge < -0.3 is 9.29 Å². The predicted octanol–water partition coefficient (Wildman–Crippen LogP) is 2.38. The molecule has 0 heterocycles. The van der Waals surface area contributed by atoms with Crippen LogP contribution in [0.3, 0.4) is 0 Å². The SMILES string of the molecule is C[S+]([O-])c1cc(Cl)ccc1OCF. The zero-order chi connectivity index (χ0) is 9.84. The quantitative estimate of drug-likeness (QED) is 0.736. The van der Waals surface area contributed by atoms with Crippen molar-refractivity contribution in [2.45, 2.75) is 4.90 Å². The number of benzene rings is 1. The summed E-state index contributed by atoms with van der Waals surface area (Å²) >= 11 is 4.45. The number of ether oxygens (including phenoxy) is 1.